The third-order valence-electron chi connectivity index (χ3n) is 13.4. The van der Waals surface area contributed by atoms with E-state index in [1.165, 1.54) is 57.8 Å². The van der Waals surface area contributed by atoms with Crippen LogP contribution in [0.1, 0.15) is 252 Å². The Balaban J connectivity index is 2.68. The molecule has 1 fully saturated rings. The summed E-state index contributed by atoms with van der Waals surface area (Å²) in [4.78, 5) is 51.2. The van der Waals surface area contributed by atoms with E-state index >= 15 is 0 Å². The van der Waals surface area contributed by atoms with Gasteiger partial charge >= 0.3 is 23.9 Å². The molecule has 0 radical (unpaired) electrons. The Hall–Kier alpha value is -4.10. The molecule has 0 aromatic rings. The molecule has 440 valence electrons. The van der Waals surface area contributed by atoms with Crippen molar-refractivity contribution in [2.45, 2.75) is 289 Å². The van der Waals surface area contributed by atoms with E-state index in [9.17, 15) is 34.5 Å². The van der Waals surface area contributed by atoms with Gasteiger partial charge in [0.2, 0.25) is 0 Å². The fraction of sp³-hybridized carbons (Fsp3) is 0.723. The smallest absolute Gasteiger partial charge is 0.335 e. The van der Waals surface area contributed by atoms with Gasteiger partial charge in [0.05, 0.1) is 6.61 Å². The summed E-state index contributed by atoms with van der Waals surface area (Å²) in [6.07, 6.45) is 55.5. The number of carbonyl (C=O) groups excluding carboxylic acids is 3. The number of aliphatic carboxylic acids is 1. The van der Waals surface area contributed by atoms with E-state index in [1.807, 2.05) is 0 Å². The topological polar surface area (TPSA) is 175 Å². The summed E-state index contributed by atoms with van der Waals surface area (Å²) in [5.41, 5.74) is 0. The van der Waals surface area contributed by atoms with E-state index in [2.05, 4.69) is 106 Å². The third-order valence-corrected chi connectivity index (χ3v) is 13.4. The van der Waals surface area contributed by atoms with Crippen LogP contribution in [0.4, 0.5) is 0 Å². The van der Waals surface area contributed by atoms with Gasteiger partial charge in [0.25, 0.3) is 0 Å². The fourth-order valence-electron chi connectivity index (χ4n) is 8.74. The molecule has 0 aromatic heterocycles. The van der Waals surface area contributed by atoms with Gasteiger partial charge in [0.15, 0.2) is 24.6 Å². The van der Waals surface area contributed by atoms with Crippen molar-refractivity contribution in [1.29, 1.82) is 0 Å². The average molecular weight is 1080 g/mol. The van der Waals surface area contributed by atoms with Crippen LogP contribution in [0.25, 0.3) is 0 Å². The molecule has 77 heavy (non-hydrogen) atoms. The lowest BCUT2D eigenvalue weighted by Gasteiger charge is -2.40. The number of hydrogen-bond donors (Lipinski definition) is 3. The molecular formula is C65H108O12. The molecule has 1 heterocycles. The Bertz CT molecular complexity index is 1660. The van der Waals surface area contributed by atoms with Gasteiger partial charge in [-0.05, 0) is 109 Å². The van der Waals surface area contributed by atoms with Crippen molar-refractivity contribution in [3.63, 3.8) is 0 Å². The number of aliphatic hydroxyl groups excluding tert-OH is 2. The lowest BCUT2D eigenvalue weighted by Crippen LogP contribution is -2.61. The second kappa shape index (κ2) is 52.6. The Morgan fingerprint density at radius 1 is 0.442 bits per heavy atom. The SMILES string of the molecule is CC/C=C\C/C=C\C/C=C\CCCCCCCC(=O)OC1C(OCC(COC(=O)CCCCCCCCCCC/C=C\C/C=C\CCCCC)OC(=O)CCCCCCC/C=C\C/C=C\CCC)OC(C(=O)O)C(O)C1O. The molecule has 0 bridgehead atoms. The van der Waals surface area contributed by atoms with Gasteiger partial charge in [0.1, 0.15) is 18.8 Å². The molecule has 6 atom stereocenters. The van der Waals surface area contributed by atoms with Crippen LogP contribution in [0.5, 0.6) is 0 Å². The second-order valence-electron chi connectivity index (χ2n) is 20.6. The van der Waals surface area contributed by atoms with E-state index < -0.39 is 67.3 Å². The van der Waals surface area contributed by atoms with Gasteiger partial charge in [-0.15, -0.1) is 0 Å². The minimum Gasteiger partial charge on any atom is -0.479 e. The highest BCUT2D eigenvalue weighted by Gasteiger charge is 2.50. The van der Waals surface area contributed by atoms with Crippen molar-refractivity contribution in [3.05, 3.63) is 85.1 Å². The van der Waals surface area contributed by atoms with Gasteiger partial charge in [-0.1, -0.05) is 209 Å². The highest BCUT2D eigenvalue weighted by molar-refractivity contribution is 5.74. The molecule has 0 aliphatic carbocycles. The number of allylic oxidation sites excluding steroid dienone is 14. The number of carbonyl (C=O) groups is 4. The minimum atomic E-state index is -1.91. The van der Waals surface area contributed by atoms with Gasteiger partial charge in [-0.2, -0.15) is 0 Å². The first-order valence-corrected chi connectivity index (χ1v) is 30.6. The number of hydrogen-bond acceptors (Lipinski definition) is 11. The average Bonchev–Trinajstić information content (AvgIpc) is 3.42. The quantitative estimate of drug-likeness (QED) is 0.0228. The maximum Gasteiger partial charge on any atom is 0.335 e. The third kappa shape index (κ3) is 42.5. The predicted octanol–water partition coefficient (Wildman–Crippen LogP) is 15.9. The number of aliphatic hydroxyl groups is 2. The summed E-state index contributed by atoms with van der Waals surface area (Å²) in [5.74, 6) is -3.16. The Labute approximate surface area is 467 Å². The van der Waals surface area contributed by atoms with Crippen LogP contribution in [-0.2, 0) is 42.9 Å². The lowest BCUT2D eigenvalue weighted by molar-refractivity contribution is -0.301. The maximum atomic E-state index is 13.1. The zero-order chi connectivity index (χ0) is 56.1. The van der Waals surface area contributed by atoms with E-state index in [-0.39, 0.29) is 25.9 Å². The fourth-order valence-corrected chi connectivity index (χ4v) is 8.74. The molecule has 0 aromatic carbocycles. The van der Waals surface area contributed by atoms with Crippen LogP contribution in [0, 0.1) is 0 Å². The summed E-state index contributed by atoms with van der Waals surface area (Å²) in [5, 5.41) is 31.5. The van der Waals surface area contributed by atoms with Crippen molar-refractivity contribution >= 4 is 23.9 Å². The number of unbranched alkanes of at least 4 members (excludes halogenated alkanes) is 23. The highest BCUT2D eigenvalue weighted by atomic mass is 16.7. The second-order valence-corrected chi connectivity index (χ2v) is 20.6. The van der Waals surface area contributed by atoms with Crippen LogP contribution >= 0.6 is 0 Å². The number of esters is 3. The standard InChI is InChI=1S/C65H108O12/c1-4-7-10-13-16-19-22-25-27-28-29-30-32-34-36-39-42-45-48-51-57(66)73-54-56(75-58(67)52-49-46-43-40-37-33-24-21-18-15-12-9-6-3)55-74-65-63(61(70)60(69)62(77-65)64(71)72)76-59(68)53-50-47-44-41-38-35-31-26-23-20-17-14-11-8-5-2/h8,11-12,15-17,19-21,24-27,31,56,60-63,65,69-70H,4-7,9-10,13-14,18,22-23,28-30,32-55H2,1-3H3,(H,71,72)/b11-8-,15-12-,19-16-,20-17-,24-21-,27-25-,31-26-. The molecule has 12 heteroatoms. The first-order chi connectivity index (χ1) is 37.6. The van der Waals surface area contributed by atoms with Crippen LogP contribution < -0.4 is 0 Å². The highest BCUT2D eigenvalue weighted by Crippen LogP contribution is 2.26. The summed E-state index contributed by atoms with van der Waals surface area (Å²) >= 11 is 0. The molecule has 1 saturated heterocycles. The van der Waals surface area contributed by atoms with Gasteiger partial charge in [-0.3, -0.25) is 14.4 Å². The molecule has 1 aliphatic rings. The van der Waals surface area contributed by atoms with Gasteiger partial charge in [0, 0.05) is 19.3 Å². The van der Waals surface area contributed by atoms with E-state index in [0.717, 1.165) is 135 Å². The lowest BCUT2D eigenvalue weighted by atomic mass is 9.98. The maximum absolute atomic E-state index is 13.1. The van der Waals surface area contributed by atoms with Gasteiger partial charge < -0.3 is 39.0 Å². The van der Waals surface area contributed by atoms with Crippen molar-refractivity contribution < 1.29 is 58.2 Å². The summed E-state index contributed by atoms with van der Waals surface area (Å²) in [7, 11) is 0. The monoisotopic (exact) mass is 1080 g/mol. The zero-order valence-corrected chi connectivity index (χ0v) is 48.4. The summed E-state index contributed by atoms with van der Waals surface area (Å²) < 4.78 is 28.4. The zero-order valence-electron chi connectivity index (χ0n) is 48.4. The molecule has 1 aliphatic heterocycles. The van der Waals surface area contributed by atoms with Gasteiger partial charge in [-0.25, -0.2) is 4.79 Å². The summed E-state index contributed by atoms with van der Waals surface area (Å²) in [6, 6.07) is 0. The normalized spacial score (nSPS) is 18.6. The van der Waals surface area contributed by atoms with E-state index in [0.29, 0.717) is 19.3 Å². The molecule has 1 rings (SSSR count). The molecule has 0 saturated carbocycles. The van der Waals surface area contributed by atoms with E-state index in [4.69, 9.17) is 23.7 Å². The Morgan fingerprint density at radius 2 is 0.844 bits per heavy atom. The van der Waals surface area contributed by atoms with Crippen molar-refractivity contribution in [2.75, 3.05) is 13.2 Å². The largest absolute Gasteiger partial charge is 0.479 e. The number of carboxylic acid groups (broad SMARTS) is 1. The molecule has 6 unspecified atom stereocenters. The van der Waals surface area contributed by atoms with E-state index in [1.54, 1.807) is 0 Å². The van der Waals surface area contributed by atoms with Crippen LogP contribution in [0.2, 0.25) is 0 Å². The predicted molar refractivity (Wildman–Crippen MR) is 312 cm³/mol. The van der Waals surface area contributed by atoms with Crippen LogP contribution in [0.15, 0.2) is 85.1 Å². The molecular weight excluding hydrogens is 973 g/mol. The molecule has 12 nitrogen and oxygen atoms in total. The Morgan fingerprint density at radius 3 is 1.30 bits per heavy atom. The molecule has 0 amide bonds. The summed E-state index contributed by atoms with van der Waals surface area (Å²) in [6.45, 7) is 5.77. The molecule has 0 spiro atoms. The number of ether oxygens (including phenoxy) is 5. The minimum absolute atomic E-state index is 0.0363. The van der Waals surface area contributed by atoms with Crippen LogP contribution in [-0.4, -0.2) is 89.2 Å². The number of carboxylic acids is 1. The first-order valence-electron chi connectivity index (χ1n) is 30.6. The first kappa shape index (κ1) is 70.9. The van der Waals surface area contributed by atoms with Crippen molar-refractivity contribution in [3.8, 4) is 0 Å². The van der Waals surface area contributed by atoms with Crippen molar-refractivity contribution in [2.24, 2.45) is 0 Å². The molecule has 3 N–H and O–H groups in total. The Kier molecular flexibility index (Phi) is 48.4. The van der Waals surface area contributed by atoms with Crippen LogP contribution in [0.3, 0.4) is 0 Å². The number of rotatable bonds is 51. The van der Waals surface area contributed by atoms with Crippen molar-refractivity contribution in [1.82, 2.24) is 0 Å².